The molecule has 2 N–H and O–H groups in total. The van der Waals surface area contributed by atoms with Crippen molar-refractivity contribution >= 4 is 23.3 Å². The van der Waals surface area contributed by atoms with Crippen LogP contribution < -0.4 is 5.32 Å². The van der Waals surface area contributed by atoms with Crippen molar-refractivity contribution in [1.29, 1.82) is 0 Å². The average molecular weight is 351 g/mol. The summed E-state index contributed by atoms with van der Waals surface area (Å²) in [6.45, 7) is 2.99. The molecule has 2 rings (SSSR count). The normalized spacial score (nSPS) is 22.9. The number of hydrogen-bond acceptors (Lipinski definition) is 4. The van der Waals surface area contributed by atoms with Gasteiger partial charge in [-0.15, -0.1) is 11.3 Å². The van der Waals surface area contributed by atoms with Crippen molar-refractivity contribution in [1.82, 2.24) is 15.2 Å². The number of carboxylic acid groups (broad SMARTS) is 1. The largest absolute Gasteiger partial charge is 0.481 e. The Bertz CT molecular complexity index is 619. The molecule has 2 amide bonds. The van der Waals surface area contributed by atoms with Gasteiger partial charge in [0.2, 0.25) is 0 Å². The molecule has 2 heterocycles. The number of urea groups is 1. The van der Waals surface area contributed by atoms with Gasteiger partial charge >= 0.3 is 18.2 Å². The highest BCUT2D eigenvalue weighted by Gasteiger charge is 2.47. The number of alkyl halides is 3. The van der Waals surface area contributed by atoms with E-state index in [0.717, 1.165) is 16.2 Å². The maximum absolute atomic E-state index is 13.2. The van der Waals surface area contributed by atoms with Crippen LogP contribution >= 0.6 is 11.3 Å². The summed E-state index contributed by atoms with van der Waals surface area (Å²) in [5.74, 6) is -1.07. The SMILES string of the molecule is Cc1csc(C(NC(=O)N2CCC(C)(C(=O)O)C2)C(F)(F)F)n1. The molecule has 0 aliphatic carbocycles. The van der Waals surface area contributed by atoms with Gasteiger partial charge < -0.3 is 15.3 Å². The number of carboxylic acids is 1. The second-order valence-corrected chi connectivity index (χ2v) is 6.68. The maximum Gasteiger partial charge on any atom is 0.415 e. The van der Waals surface area contributed by atoms with Crippen molar-refractivity contribution in [3.8, 4) is 0 Å². The van der Waals surface area contributed by atoms with E-state index >= 15 is 0 Å². The summed E-state index contributed by atoms with van der Waals surface area (Å²) in [4.78, 5) is 28.1. The summed E-state index contributed by atoms with van der Waals surface area (Å²) in [7, 11) is 0. The molecular weight excluding hydrogens is 335 g/mol. The predicted octanol–water partition coefficient (Wildman–Crippen LogP) is 2.56. The van der Waals surface area contributed by atoms with Crippen LogP contribution in [0.25, 0.3) is 0 Å². The summed E-state index contributed by atoms with van der Waals surface area (Å²) < 4.78 is 39.5. The minimum Gasteiger partial charge on any atom is -0.481 e. The van der Waals surface area contributed by atoms with Gasteiger partial charge in [0, 0.05) is 24.2 Å². The van der Waals surface area contributed by atoms with Gasteiger partial charge in [0.25, 0.3) is 0 Å². The molecule has 1 aliphatic rings. The van der Waals surface area contributed by atoms with Crippen LogP contribution in [0.15, 0.2) is 5.38 Å². The van der Waals surface area contributed by atoms with Crippen LogP contribution in [0, 0.1) is 12.3 Å². The highest BCUT2D eigenvalue weighted by molar-refractivity contribution is 7.09. The molecule has 0 radical (unpaired) electrons. The summed E-state index contributed by atoms with van der Waals surface area (Å²) in [5, 5.41) is 12.3. The van der Waals surface area contributed by atoms with Gasteiger partial charge in [-0.1, -0.05) is 0 Å². The molecule has 10 heteroatoms. The Morgan fingerprint density at radius 3 is 2.61 bits per heavy atom. The number of aromatic nitrogens is 1. The lowest BCUT2D eigenvalue weighted by molar-refractivity contribution is -0.155. The van der Waals surface area contributed by atoms with E-state index in [4.69, 9.17) is 5.11 Å². The quantitative estimate of drug-likeness (QED) is 0.877. The number of nitrogens with one attached hydrogen (secondary N) is 1. The average Bonchev–Trinajstić information content (AvgIpc) is 3.02. The molecule has 128 valence electrons. The third-order valence-electron chi connectivity index (χ3n) is 3.76. The molecule has 1 aliphatic heterocycles. The lowest BCUT2D eigenvalue weighted by Gasteiger charge is -2.25. The van der Waals surface area contributed by atoms with Crippen molar-refractivity contribution < 1.29 is 27.9 Å². The Morgan fingerprint density at radius 1 is 1.52 bits per heavy atom. The van der Waals surface area contributed by atoms with Crippen LogP contribution in [0.2, 0.25) is 0 Å². The van der Waals surface area contributed by atoms with Crippen LogP contribution in [0.1, 0.15) is 30.1 Å². The maximum atomic E-state index is 13.2. The molecule has 1 aromatic rings. The number of amides is 2. The number of halogens is 3. The number of hydrogen-bond donors (Lipinski definition) is 2. The van der Waals surface area contributed by atoms with Crippen molar-refractivity contribution in [2.45, 2.75) is 32.5 Å². The molecule has 6 nitrogen and oxygen atoms in total. The Kier molecular flexibility index (Phi) is 4.56. The molecule has 23 heavy (non-hydrogen) atoms. The number of aliphatic carboxylic acids is 1. The van der Waals surface area contributed by atoms with Gasteiger partial charge in [-0.25, -0.2) is 9.78 Å². The van der Waals surface area contributed by atoms with E-state index < -0.39 is 29.6 Å². The van der Waals surface area contributed by atoms with Crippen molar-refractivity contribution in [2.75, 3.05) is 13.1 Å². The van der Waals surface area contributed by atoms with Gasteiger partial charge in [-0.3, -0.25) is 4.79 Å². The zero-order valence-corrected chi connectivity index (χ0v) is 13.3. The van der Waals surface area contributed by atoms with Gasteiger partial charge in [-0.2, -0.15) is 13.2 Å². The second kappa shape index (κ2) is 5.99. The van der Waals surface area contributed by atoms with E-state index in [0.29, 0.717) is 5.69 Å². The van der Waals surface area contributed by atoms with Crippen LogP contribution in [0.5, 0.6) is 0 Å². The number of thiazole rings is 1. The fraction of sp³-hybridized carbons (Fsp3) is 0.615. The van der Waals surface area contributed by atoms with Crippen LogP contribution in [-0.4, -0.2) is 46.3 Å². The summed E-state index contributed by atoms with van der Waals surface area (Å²) in [6, 6.07) is -3.14. The monoisotopic (exact) mass is 351 g/mol. The molecular formula is C13H16F3N3O3S. The van der Waals surface area contributed by atoms with Crippen molar-refractivity contribution in [2.24, 2.45) is 5.41 Å². The lowest BCUT2D eigenvalue weighted by atomic mass is 9.90. The number of carbonyl (C=O) groups excluding carboxylic acids is 1. The van der Waals surface area contributed by atoms with Crippen LogP contribution in [0.4, 0.5) is 18.0 Å². The Balaban J connectivity index is 2.12. The van der Waals surface area contributed by atoms with Gasteiger partial charge in [-0.05, 0) is 20.3 Å². The lowest BCUT2D eigenvalue weighted by Crippen LogP contribution is -2.46. The first-order valence-electron chi connectivity index (χ1n) is 6.80. The second-order valence-electron chi connectivity index (χ2n) is 5.79. The fourth-order valence-electron chi connectivity index (χ4n) is 2.31. The van der Waals surface area contributed by atoms with Gasteiger partial charge in [0.1, 0.15) is 5.01 Å². The van der Waals surface area contributed by atoms with Crippen LogP contribution in [-0.2, 0) is 4.79 Å². The highest BCUT2D eigenvalue weighted by Crippen LogP contribution is 2.35. The molecule has 0 bridgehead atoms. The van der Waals surface area contributed by atoms with E-state index in [-0.39, 0.29) is 24.5 Å². The van der Waals surface area contributed by atoms with E-state index in [1.54, 1.807) is 6.92 Å². The molecule has 1 saturated heterocycles. The molecule has 2 atom stereocenters. The third-order valence-corrected chi connectivity index (χ3v) is 4.78. The number of aryl methyl sites for hydroxylation is 1. The first-order valence-corrected chi connectivity index (χ1v) is 7.68. The summed E-state index contributed by atoms with van der Waals surface area (Å²) in [6.07, 6.45) is -4.49. The van der Waals surface area contributed by atoms with E-state index in [2.05, 4.69) is 4.98 Å². The number of rotatable bonds is 3. The highest BCUT2D eigenvalue weighted by atomic mass is 32.1. The third kappa shape index (κ3) is 3.74. The number of carbonyl (C=O) groups is 2. The minimum absolute atomic E-state index is 0.0934. The first-order chi connectivity index (χ1) is 10.5. The molecule has 1 fully saturated rings. The Morgan fingerprint density at radius 2 is 2.17 bits per heavy atom. The zero-order chi connectivity index (χ0) is 17.4. The standard InChI is InChI=1S/C13H16F3N3O3S/c1-7-5-23-9(17-7)8(13(14,15)16)18-11(22)19-4-3-12(2,6-19)10(20)21/h5,8H,3-4,6H2,1-2H3,(H,18,22)(H,20,21). The fourth-order valence-corrected chi connectivity index (χ4v) is 3.18. The molecule has 1 aromatic heterocycles. The smallest absolute Gasteiger partial charge is 0.415 e. The number of likely N-dealkylation sites (tertiary alicyclic amines) is 1. The molecule has 2 unspecified atom stereocenters. The van der Waals surface area contributed by atoms with E-state index in [9.17, 15) is 22.8 Å². The predicted molar refractivity (Wildman–Crippen MR) is 76.1 cm³/mol. The zero-order valence-electron chi connectivity index (χ0n) is 12.5. The summed E-state index contributed by atoms with van der Waals surface area (Å²) >= 11 is 0.815. The molecule has 0 saturated carbocycles. The Hall–Kier alpha value is -1.84. The minimum atomic E-state index is -4.68. The topological polar surface area (TPSA) is 82.5 Å². The molecule has 0 spiro atoms. The number of nitrogens with zero attached hydrogens (tertiary/aromatic N) is 2. The van der Waals surface area contributed by atoms with Crippen molar-refractivity contribution in [3.63, 3.8) is 0 Å². The van der Waals surface area contributed by atoms with E-state index in [1.165, 1.54) is 12.3 Å². The van der Waals surface area contributed by atoms with Crippen molar-refractivity contribution in [3.05, 3.63) is 16.1 Å². The molecule has 0 aromatic carbocycles. The van der Waals surface area contributed by atoms with E-state index in [1.807, 2.05) is 5.32 Å². The van der Waals surface area contributed by atoms with Gasteiger partial charge in [0.15, 0.2) is 6.04 Å². The van der Waals surface area contributed by atoms with Crippen LogP contribution in [0.3, 0.4) is 0 Å². The van der Waals surface area contributed by atoms with Gasteiger partial charge in [0.05, 0.1) is 5.41 Å². The first kappa shape index (κ1) is 17.5. The Labute approximate surface area is 134 Å². The summed E-state index contributed by atoms with van der Waals surface area (Å²) in [5.41, 5.74) is -0.698.